The van der Waals surface area contributed by atoms with Crippen LogP contribution in [0.4, 0.5) is 13.2 Å². The van der Waals surface area contributed by atoms with Gasteiger partial charge in [-0.15, -0.1) is 0 Å². The van der Waals surface area contributed by atoms with Gasteiger partial charge in [0.15, 0.2) is 0 Å². The molecule has 0 amide bonds. The van der Waals surface area contributed by atoms with E-state index in [9.17, 15) is 0 Å². The number of aromatic amines is 3. The van der Waals surface area contributed by atoms with Gasteiger partial charge < -0.3 is 15.0 Å². The minimum absolute atomic E-state index is 0.370. The van der Waals surface area contributed by atoms with E-state index < -0.39 is 5.82 Å². The third-order valence-electron chi connectivity index (χ3n) is 8.01. The summed E-state index contributed by atoms with van der Waals surface area (Å²) < 4.78 is 46.1. The molecule has 4 nitrogen and oxygen atoms in total. The zero-order valence-electron chi connectivity index (χ0n) is 23.1. The number of hydrogen-bond acceptors (Lipinski definition) is 1. The summed E-state index contributed by atoms with van der Waals surface area (Å²) in [6.07, 6.45) is 3.72. The summed E-state index contributed by atoms with van der Waals surface area (Å²) >= 11 is 0. The first kappa shape index (κ1) is 25.9. The first-order valence-corrected chi connectivity index (χ1v) is 14.1. The topological polar surface area (TPSA) is 60.3 Å². The van der Waals surface area contributed by atoms with E-state index in [1.54, 1.807) is 54.6 Å². The number of fused-ring (bicyclic) bond motifs is 9. The van der Waals surface area contributed by atoms with E-state index in [4.69, 9.17) is 4.98 Å². The van der Waals surface area contributed by atoms with Crippen molar-refractivity contribution < 1.29 is 13.2 Å². The Balaban J connectivity index is 1.59. The van der Waals surface area contributed by atoms with Crippen LogP contribution in [-0.4, -0.2) is 19.9 Å². The van der Waals surface area contributed by atoms with Crippen LogP contribution in [0.15, 0.2) is 109 Å². The van der Waals surface area contributed by atoms with Crippen molar-refractivity contribution in [2.45, 2.75) is 0 Å². The van der Waals surface area contributed by atoms with Gasteiger partial charge in [0.05, 0.1) is 16.9 Å². The molecule has 0 unspecified atom stereocenters. The smallest absolute Gasteiger partial charge is 0.131 e. The molecular formula is C37H23F3N4. The number of hydrogen-bond donors (Lipinski definition) is 3. The maximum atomic E-state index is 15.5. The molecule has 0 fully saturated rings. The van der Waals surface area contributed by atoms with Crippen molar-refractivity contribution in [1.82, 2.24) is 19.9 Å². The Morgan fingerprint density at radius 3 is 1.16 bits per heavy atom. The van der Waals surface area contributed by atoms with Crippen molar-refractivity contribution in [2.75, 3.05) is 0 Å². The van der Waals surface area contributed by atoms with Crippen molar-refractivity contribution in [2.24, 2.45) is 0 Å². The molecule has 0 saturated carbocycles. The molecule has 8 bridgehead atoms. The van der Waals surface area contributed by atoms with Gasteiger partial charge in [0, 0.05) is 61.0 Å². The lowest BCUT2D eigenvalue weighted by atomic mass is 10.0. The number of H-pyrrole nitrogens is 3. The van der Waals surface area contributed by atoms with Crippen LogP contribution in [0.25, 0.3) is 78.6 Å². The van der Waals surface area contributed by atoms with Crippen LogP contribution in [0.1, 0.15) is 11.4 Å². The molecule has 1 aliphatic heterocycles. The number of rotatable bonds is 3. The number of nitrogens with zero attached hydrogens (tertiary/aromatic N) is 1. The van der Waals surface area contributed by atoms with Gasteiger partial charge in [-0.2, -0.15) is 0 Å². The predicted octanol–water partition coefficient (Wildman–Crippen LogP) is 10.1. The lowest BCUT2D eigenvalue weighted by Crippen LogP contribution is -1.89. The molecule has 0 radical (unpaired) electrons. The van der Waals surface area contributed by atoms with E-state index in [2.05, 4.69) is 15.0 Å². The zero-order valence-corrected chi connectivity index (χ0v) is 23.1. The quantitative estimate of drug-likeness (QED) is 0.191. The molecule has 0 aliphatic carbocycles. The zero-order chi connectivity index (χ0) is 29.8. The molecule has 3 aromatic carbocycles. The standard InChI is InChI=1S/C37H23F3N4/c38-24-10-4-1-7-21(24)35-29-15-13-27(41-29)28-14-16-30(42-28)36(22-8-2-5-11-25(22)39)32-18-20-34(44-32)37(33-19-17-31(35)43-33)23-9-3-6-12-26(23)40/h1-20,41,43-44H. The monoisotopic (exact) mass is 580 g/mol. The molecule has 0 saturated heterocycles. The Morgan fingerprint density at radius 2 is 0.705 bits per heavy atom. The molecule has 5 heterocycles. The van der Waals surface area contributed by atoms with Gasteiger partial charge in [-0.3, -0.25) is 0 Å². The van der Waals surface area contributed by atoms with Gasteiger partial charge in [0.1, 0.15) is 17.5 Å². The first-order valence-electron chi connectivity index (χ1n) is 14.1. The Hall–Kier alpha value is -5.82. The largest absolute Gasteiger partial charge is 0.354 e. The van der Waals surface area contributed by atoms with Crippen LogP contribution < -0.4 is 0 Å². The molecule has 0 spiro atoms. The highest BCUT2D eigenvalue weighted by Crippen LogP contribution is 2.37. The fourth-order valence-electron chi connectivity index (χ4n) is 6.00. The SMILES string of the molecule is Fc1ccccc1-c1c2nc(c3ccc([nH]3)c(-c3ccccc3F)c3ccc([nH]3)c(-c3ccccc3F)c3ccc1[nH]3)C=C2. The van der Waals surface area contributed by atoms with E-state index in [-0.39, 0.29) is 11.6 Å². The average Bonchev–Trinajstić information content (AvgIpc) is 3.85. The molecule has 4 aromatic heterocycles. The molecule has 8 rings (SSSR count). The van der Waals surface area contributed by atoms with Crippen molar-refractivity contribution in [3.05, 3.63) is 138 Å². The molecule has 0 atom stereocenters. The minimum Gasteiger partial charge on any atom is -0.354 e. The maximum Gasteiger partial charge on any atom is 0.131 e. The van der Waals surface area contributed by atoms with Crippen LogP contribution in [0.3, 0.4) is 0 Å². The normalized spacial score (nSPS) is 11.9. The molecule has 7 heteroatoms. The second kappa shape index (κ2) is 10.2. The number of nitrogens with one attached hydrogen (secondary N) is 3. The third kappa shape index (κ3) is 4.21. The maximum absolute atomic E-state index is 15.5. The second-order valence-electron chi connectivity index (χ2n) is 10.6. The van der Waals surface area contributed by atoms with E-state index in [0.717, 1.165) is 5.52 Å². The molecule has 212 valence electrons. The molecular weight excluding hydrogens is 557 g/mol. The Kier molecular flexibility index (Phi) is 5.98. The summed E-state index contributed by atoms with van der Waals surface area (Å²) in [5, 5.41) is 0. The van der Waals surface area contributed by atoms with Crippen molar-refractivity contribution in [1.29, 1.82) is 0 Å². The first-order chi connectivity index (χ1) is 21.5. The summed E-state index contributed by atoms with van der Waals surface area (Å²) in [6.45, 7) is 0. The second-order valence-corrected chi connectivity index (χ2v) is 10.6. The summed E-state index contributed by atoms with van der Waals surface area (Å²) in [7, 11) is 0. The lowest BCUT2D eigenvalue weighted by molar-refractivity contribution is 0.631. The molecule has 1 aliphatic rings. The van der Waals surface area contributed by atoms with Crippen LogP contribution >= 0.6 is 0 Å². The summed E-state index contributed by atoms with van der Waals surface area (Å²) in [4.78, 5) is 15.2. The van der Waals surface area contributed by atoms with Gasteiger partial charge in [0.25, 0.3) is 0 Å². The number of halogens is 3. The van der Waals surface area contributed by atoms with Crippen molar-refractivity contribution in [3.63, 3.8) is 0 Å². The van der Waals surface area contributed by atoms with Crippen molar-refractivity contribution >= 4 is 45.3 Å². The van der Waals surface area contributed by atoms with E-state index in [0.29, 0.717) is 72.4 Å². The van der Waals surface area contributed by atoms with Crippen molar-refractivity contribution in [3.8, 4) is 33.4 Å². The van der Waals surface area contributed by atoms with Gasteiger partial charge in [-0.25, -0.2) is 18.2 Å². The highest BCUT2D eigenvalue weighted by molar-refractivity contribution is 6.00. The van der Waals surface area contributed by atoms with E-state index >= 15 is 13.2 Å². The van der Waals surface area contributed by atoms with Crippen LogP contribution in [0.5, 0.6) is 0 Å². The number of aromatic nitrogens is 4. The van der Waals surface area contributed by atoms with Crippen LogP contribution in [0, 0.1) is 17.5 Å². The fraction of sp³-hybridized carbons (Fsp3) is 0. The molecule has 44 heavy (non-hydrogen) atoms. The summed E-state index contributed by atoms with van der Waals surface area (Å²) in [5.41, 5.74) is 8.02. The fourth-order valence-corrected chi connectivity index (χ4v) is 6.00. The molecule has 3 N–H and O–H groups in total. The predicted molar refractivity (Wildman–Crippen MR) is 171 cm³/mol. The Bertz CT molecular complexity index is 2390. The highest BCUT2D eigenvalue weighted by Gasteiger charge is 2.18. The third-order valence-corrected chi connectivity index (χ3v) is 8.01. The van der Waals surface area contributed by atoms with E-state index in [1.165, 1.54) is 18.2 Å². The van der Waals surface area contributed by atoms with E-state index in [1.807, 2.05) is 48.6 Å². The summed E-state index contributed by atoms with van der Waals surface area (Å²) in [6, 6.07) is 30.9. The Morgan fingerprint density at radius 1 is 0.364 bits per heavy atom. The van der Waals surface area contributed by atoms with Crippen LogP contribution in [-0.2, 0) is 0 Å². The Labute approximate surface area is 249 Å². The van der Waals surface area contributed by atoms with Gasteiger partial charge in [-0.05, 0) is 66.7 Å². The minimum atomic E-state index is -0.402. The molecule has 7 aromatic rings. The average molecular weight is 581 g/mol. The van der Waals surface area contributed by atoms with Gasteiger partial charge in [-0.1, -0.05) is 54.6 Å². The summed E-state index contributed by atoms with van der Waals surface area (Å²) in [5.74, 6) is -1.17. The lowest BCUT2D eigenvalue weighted by Gasteiger charge is -2.06. The number of benzene rings is 3. The van der Waals surface area contributed by atoms with Gasteiger partial charge >= 0.3 is 0 Å². The highest BCUT2D eigenvalue weighted by atomic mass is 19.1. The van der Waals surface area contributed by atoms with Gasteiger partial charge in [0.2, 0.25) is 0 Å². The van der Waals surface area contributed by atoms with Crippen LogP contribution in [0.2, 0.25) is 0 Å².